The number of ether oxygens (including phenoxy) is 1. The molecular weight excluding hydrogens is 432 g/mol. The van der Waals surface area contributed by atoms with E-state index in [1.54, 1.807) is 0 Å². The smallest absolute Gasteiger partial charge is 0.306 e. The van der Waals surface area contributed by atoms with Crippen molar-refractivity contribution in [3.05, 3.63) is 0 Å². The predicted octanol–water partition coefficient (Wildman–Crippen LogP) is 8.32. The van der Waals surface area contributed by atoms with E-state index in [-0.39, 0.29) is 17.7 Å². The van der Waals surface area contributed by atoms with E-state index >= 15 is 0 Å². The molecule has 4 saturated carbocycles. The molecule has 1 N–H and O–H groups in total. The van der Waals surface area contributed by atoms with Gasteiger partial charge < -0.3 is 9.84 Å². The minimum absolute atomic E-state index is 0.00694. The summed E-state index contributed by atoms with van der Waals surface area (Å²) in [5, 5.41) is 10.3. The monoisotopic (exact) mass is 488 g/mol. The highest BCUT2D eigenvalue weighted by Crippen LogP contribution is 2.68. The minimum Gasteiger partial charge on any atom is -0.460 e. The molecule has 0 aromatic carbocycles. The highest BCUT2D eigenvalue weighted by molar-refractivity contribution is 5.69. The molecule has 0 radical (unpaired) electrons. The topological polar surface area (TPSA) is 46.5 Å². The summed E-state index contributed by atoms with van der Waals surface area (Å²) in [4.78, 5) is 12.7. The van der Waals surface area contributed by atoms with Crippen LogP contribution in [0.15, 0.2) is 0 Å². The number of hydrogen-bond donors (Lipinski definition) is 1. The fourth-order valence-corrected chi connectivity index (χ4v) is 9.97. The van der Waals surface area contributed by atoms with E-state index in [1.165, 1.54) is 57.8 Å². The number of unbranched alkanes of at least 4 members (excludes halogenated alkanes) is 2. The highest BCUT2D eigenvalue weighted by Gasteiger charge is 2.60. The zero-order valence-electron chi connectivity index (χ0n) is 23.9. The Morgan fingerprint density at radius 2 is 1.71 bits per heavy atom. The number of esters is 1. The predicted molar refractivity (Wildman–Crippen MR) is 144 cm³/mol. The van der Waals surface area contributed by atoms with Crippen molar-refractivity contribution in [3.8, 4) is 0 Å². The van der Waals surface area contributed by atoms with E-state index in [0.29, 0.717) is 23.2 Å². The summed E-state index contributed by atoms with van der Waals surface area (Å²) >= 11 is 0. The van der Waals surface area contributed by atoms with Crippen LogP contribution in [0.2, 0.25) is 0 Å². The van der Waals surface area contributed by atoms with E-state index in [2.05, 4.69) is 41.5 Å². The van der Waals surface area contributed by atoms with E-state index in [0.717, 1.165) is 61.7 Å². The van der Waals surface area contributed by atoms with Crippen LogP contribution in [0.25, 0.3) is 0 Å². The molecule has 3 nitrogen and oxygen atoms in total. The second-order valence-corrected chi connectivity index (χ2v) is 14.5. The molecule has 4 aliphatic carbocycles. The lowest BCUT2D eigenvalue weighted by Gasteiger charge is -2.61. The van der Waals surface area contributed by atoms with Gasteiger partial charge in [-0.25, -0.2) is 0 Å². The molecule has 202 valence electrons. The molecule has 4 rings (SSSR count). The number of aliphatic hydroxyl groups is 1. The fourth-order valence-electron chi connectivity index (χ4n) is 9.97. The van der Waals surface area contributed by atoms with Crippen LogP contribution < -0.4 is 0 Å². The number of fused-ring (bicyclic) bond motifs is 5. The largest absolute Gasteiger partial charge is 0.460 e. The quantitative estimate of drug-likeness (QED) is 0.262. The van der Waals surface area contributed by atoms with Crippen molar-refractivity contribution >= 4 is 5.97 Å². The normalized spacial score (nSPS) is 42.0. The Kier molecular flexibility index (Phi) is 8.36. The molecular formula is C32H56O3. The number of carbonyl (C=O) groups is 1. The number of rotatable bonds is 9. The standard InChI is InChI=1S/C32H56O3/c1-7-8-9-18-30(3,4)35-29(34)15-10-22(2)26-13-14-27-25-12-11-23-21-24(33)16-19-31(23,5)28(25)17-20-32(26,27)6/h22-28,33H,7-21H2,1-6H3/t22?,23?,24-,25?,26?,27?,28?,31?,32?/m1/s1. The zero-order chi connectivity index (χ0) is 25.4. The Labute approximate surface area is 216 Å². The Hall–Kier alpha value is -0.570. The maximum absolute atomic E-state index is 12.7. The number of carbonyl (C=O) groups excluding carboxylic acids is 1. The van der Waals surface area contributed by atoms with Gasteiger partial charge in [0, 0.05) is 6.42 Å². The molecule has 3 heteroatoms. The first-order chi connectivity index (χ1) is 16.5. The van der Waals surface area contributed by atoms with Crippen LogP contribution >= 0.6 is 0 Å². The first-order valence-corrected chi connectivity index (χ1v) is 15.4. The molecule has 0 amide bonds. The molecule has 35 heavy (non-hydrogen) atoms. The summed E-state index contributed by atoms with van der Waals surface area (Å²) < 4.78 is 5.91. The van der Waals surface area contributed by atoms with Gasteiger partial charge in [-0.2, -0.15) is 0 Å². The lowest BCUT2D eigenvalue weighted by atomic mass is 9.44. The molecule has 0 spiro atoms. The lowest BCUT2D eigenvalue weighted by molar-refractivity contribution is -0.157. The average Bonchev–Trinajstić information content (AvgIpc) is 3.15. The van der Waals surface area contributed by atoms with Gasteiger partial charge in [0.1, 0.15) is 5.60 Å². The molecule has 0 bridgehead atoms. The van der Waals surface area contributed by atoms with Crippen molar-refractivity contribution in [2.75, 3.05) is 0 Å². The Morgan fingerprint density at radius 3 is 2.46 bits per heavy atom. The van der Waals surface area contributed by atoms with Gasteiger partial charge in [-0.3, -0.25) is 4.79 Å². The summed E-state index contributed by atoms with van der Waals surface area (Å²) in [6, 6.07) is 0. The van der Waals surface area contributed by atoms with Gasteiger partial charge in [0.25, 0.3) is 0 Å². The molecule has 4 aliphatic rings. The van der Waals surface area contributed by atoms with Gasteiger partial charge in [-0.15, -0.1) is 0 Å². The van der Waals surface area contributed by atoms with Gasteiger partial charge in [0.2, 0.25) is 0 Å². The second kappa shape index (κ2) is 10.7. The fraction of sp³-hybridized carbons (Fsp3) is 0.969. The van der Waals surface area contributed by atoms with E-state index < -0.39 is 0 Å². The molecule has 4 fully saturated rings. The number of hydrogen-bond acceptors (Lipinski definition) is 3. The minimum atomic E-state index is -0.331. The molecule has 0 aromatic heterocycles. The third kappa shape index (κ3) is 5.51. The summed E-state index contributed by atoms with van der Waals surface area (Å²) in [6.45, 7) is 14.0. The Bertz CT molecular complexity index is 730. The second-order valence-electron chi connectivity index (χ2n) is 14.5. The van der Waals surface area contributed by atoms with E-state index in [9.17, 15) is 9.90 Å². The number of aliphatic hydroxyl groups excluding tert-OH is 1. The highest BCUT2D eigenvalue weighted by atomic mass is 16.6. The van der Waals surface area contributed by atoms with Crippen LogP contribution in [-0.2, 0) is 9.53 Å². The summed E-state index contributed by atoms with van der Waals surface area (Å²) in [5.41, 5.74) is 0.574. The average molecular weight is 489 g/mol. The van der Waals surface area contributed by atoms with Crippen molar-refractivity contribution in [3.63, 3.8) is 0 Å². The molecule has 0 heterocycles. The maximum atomic E-state index is 12.7. The molecule has 0 saturated heterocycles. The first-order valence-electron chi connectivity index (χ1n) is 15.4. The SMILES string of the molecule is CCCCCC(C)(C)OC(=O)CCC(C)C1CCC2C3CCC4C[C@H](O)CCC4(C)C3CCC12C. The first kappa shape index (κ1) is 27.5. The molecule has 0 aliphatic heterocycles. The summed E-state index contributed by atoms with van der Waals surface area (Å²) in [6.07, 6.45) is 17.5. The van der Waals surface area contributed by atoms with Crippen molar-refractivity contribution in [1.29, 1.82) is 0 Å². The Balaban J connectivity index is 1.33. The van der Waals surface area contributed by atoms with Crippen LogP contribution in [-0.4, -0.2) is 22.8 Å². The van der Waals surface area contributed by atoms with Gasteiger partial charge in [0.05, 0.1) is 6.10 Å². The summed E-state index contributed by atoms with van der Waals surface area (Å²) in [5.74, 6) is 4.70. The van der Waals surface area contributed by atoms with E-state index in [1.807, 2.05) is 0 Å². The van der Waals surface area contributed by atoms with Crippen LogP contribution in [0, 0.1) is 46.3 Å². The van der Waals surface area contributed by atoms with Crippen LogP contribution in [0.3, 0.4) is 0 Å². The third-order valence-electron chi connectivity index (χ3n) is 12.0. The zero-order valence-corrected chi connectivity index (χ0v) is 23.9. The van der Waals surface area contributed by atoms with Crippen LogP contribution in [0.4, 0.5) is 0 Å². The maximum Gasteiger partial charge on any atom is 0.306 e. The Morgan fingerprint density at radius 1 is 1.00 bits per heavy atom. The lowest BCUT2D eigenvalue weighted by Crippen LogP contribution is -2.54. The van der Waals surface area contributed by atoms with Gasteiger partial charge in [0.15, 0.2) is 0 Å². The van der Waals surface area contributed by atoms with Crippen molar-refractivity contribution in [1.82, 2.24) is 0 Å². The van der Waals surface area contributed by atoms with E-state index in [4.69, 9.17) is 4.74 Å². The van der Waals surface area contributed by atoms with Crippen LogP contribution in [0.5, 0.6) is 0 Å². The molecule has 0 aromatic rings. The van der Waals surface area contributed by atoms with Gasteiger partial charge >= 0.3 is 5.97 Å². The third-order valence-corrected chi connectivity index (χ3v) is 12.0. The van der Waals surface area contributed by atoms with Gasteiger partial charge in [-0.1, -0.05) is 40.5 Å². The van der Waals surface area contributed by atoms with Crippen LogP contribution in [0.1, 0.15) is 138 Å². The van der Waals surface area contributed by atoms with Crippen molar-refractivity contribution < 1.29 is 14.6 Å². The molecule has 8 unspecified atom stereocenters. The van der Waals surface area contributed by atoms with Crippen molar-refractivity contribution in [2.24, 2.45) is 46.3 Å². The van der Waals surface area contributed by atoms with Crippen molar-refractivity contribution in [2.45, 2.75) is 150 Å². The summed E-state index contributed by atoms with van der Waals surface area (Å²) in [7, 11) is 0. The van der Waals surface area contributed by atoms with Gasteiger partial charge in [-0.05, 0) is 137 Å². The molecule has 9 atom stereocenters.